The molecule has 0 radical (unpaired) electrons. The largest absolute Gasteiger partial charge is 0.381 e. The van der Waals surface area contributed by atoms with E-state index in [0.29, 0.717) is 5.52 Å². The Kier molecular flexibility index (Phi) is 3.46. The maximum atomic E-state index is 13.4. The van der Waals surface area contributed by atoms with Gasteiger partial charge in [0.1, 0.15) is 11.6 Å². The van der Waals surface area contributed by atoms with Crippen molar-refractivity contribution in [2.75, 3.05) is 13.2 Å². The molecule has 1 aromatic carbocycles. The number of nitrogens with zero attached hydrogens (tertiary/aromatic N) is 2. The van der Waals surface area contributed by atoms with Gasteiger partial charge >= 0.3 is 0 Å². The Balaban J connectivity index is 2.23. The summed E-state index contributed by atoms with van der Waals surface area (Å²) >= 11 is 6.29. The van der Waals surface area contributed by atoms with Gasteiger partial charge in [-0.2, -0.15) is 0 Å². The average molecular weight is 297 g/mol. The molecule has 0 saturated carbocycles. The van der Waals surface area contributed by atoms with Gasteiger partial charge in [0.2, 0.25) is 0 Å². The van der Waals surface area contributed by atoms with Gasteiger partial charge < -0.3 is 9.30 Å². The minimum Gasteiger partial charge on any atom is -0.381 e. The van der Waals surface area contributed by atoms with Crippen LogP contribution < -0.4 is 0 Å². The van der Waals surface area contributed by atoms with Crippen LogP contribution in [0.5, 0.6) is 0 Å². The van der Waals surface area contributed by atoms with Crippen LogP contribution in [0.1, 0.15) is 37.9 Å². The molecule has 1 aliphatic heterocycles. The van der Waals surface area contributed by atoms with Crippen LogP contribution in [0.15, 0.2) is 18.2 Å². The summed E-state index contributed by atoms with van der Waals surface area (Å²) in [4.78, 5) is 4.54. The van der Waals surface area contributed by atoms with Gasteiger partial charge in [-0.25, -0.2) is 9.37 Å². The van der Waals surface area contributed by atoms with Gasteiger partial charge in [-0.05, 0) is 38.8 Å². The monoisotopic (exact) mass is 296 g/mol. The number of hydrogen-bond acceptors (Lipinski definition) is 2. The quantitative estimate of drug-likeness (QED) is 0.783. The first-order valence-electron chi connectivity index (χ1n) is 6.91. The van der Waals surface area contributed by atoms with Crippen LogP contribution in [0, 0.1) is 5.82 Å². The predicted octanol–water partition coefficient (Wildman–Crippen LogP) is 4.00. The van der Waals surface area contributed by atoms with E-state index in [4.69, 9.17) is 16.3 Å². The molecule has 1 atom stereocenters. The molecule has 3 rings (SSSR count). The highest BCUT2D eigenvalue weighted by molar-refractivity contribution is 6.20. The average Bonchev–Trinajstić information content (AvgIpc) is 2.79. The van der Waals surface area contributed by atoms with E-state index in [-0.39, 0.29) is 16.7 Å². The second-order valence-electron chi connectivity index (χ2n) is 5.66. The Bertz CT molecular complexity index is 632. The third kappa shape index (κ3) is 2.21. The zero-order valence-electron chi connectivity index (χ0n) is 11.7. The molecular formula is C15H18ClFN2O. The smallest absolute Gasteiger partial charge is 0.128 e. The second kappa shape index (κ2) is 5.01. The lowest BCUT2D eigenvalue weighted by Gasteiger charge is -2.37. The van der Waals surface area contributed by atoms with Crippen molar-refractivity contribution in [3.05, 3.63) is 29.8 Å². The number of fused-ring (bicyclic) bond motifs is 1. The zero-order valence-corrected chi connectivity index (χ0v) is 12.5. The summed E-state index contributed by atoms with van der Waals surface area (Å²) in [6.45, 7) is 5.56. The summed E-state index contributed by atoms with van der Waals surface area (Å²) in [6, 6.07) is 4.74. The van der Waals surface area contributed by atoms with E-state index < -0.39 is 0 Å². The number of aromatic nitrogens is 2. The molecule has 1 unspecified atom stereocenters. The van der Waals surface area contributed by atoms with E-state index >= 15 is 0 Å². The first-order chi connectivity index (χ1) is 9.51. The molecule has 108 valence electrons. The summed E-state index contributed by atoms with van der Waals surface area (Å²) in [5, 5.41) is -0.217. The van der Waals surface area contributed by atoms with Crippen molar-refractivity contribution >= 4 is 22.6 Å². The van der Waals surface area contributed by atoms with Crippen LogP contribution in [0.4, 0.5) is 4.39 Å². The van der Waals surface area contributed by atoms with Gasteiger partial charge in [-0.15, -0.1) is 11.6 Å². The lowest BCUT2D eigenvalue weighted by atomic mass is 9.91. The highest BCUT2D eigenvalue weighted by Crippen LogP contribution is 2.36. The molecule has 1 aliphatic rings. The highest BCUT2D eigenvalue weighted by atomic mass is 35.5. The van der Waals surface area contributed by atoms with Gasteiger partial charge in [0.25, 0.3) is 0 Å². The maximum absolute atomic E-state index is 13.4. The van der Waals surface area contributed by atoms with E-state index in [2.05, 4.69) is 16.5 Å². The van der Waals surface area contributed by atoms with Crippen molar-refractivity contribution < 1.29 is 9.13 Å². The molecule has 1 aromatic heterocycles. The van der Waals surface area contributed by atoms with Gasteiger partial charge in [-0.1, -0.05) is 0 Å². The van der Waals surface area contributed by atoms with Crippen molar-refractivity contribution in [1.82, 2.24) is 9.55 Å². The molecule has 0 amide bonds. The van der Waals surface area contributed by atoms with Gasteiger partial charge in [0.15, 0.2) is 0 Å². The van der Waals surface area contributed by atoms with Crippen LogP contribution >= 0.6 is 11.6 Å². The maximum Gasteiger partial charge on any atom is 0.128 e. The number of benzene rings is 1. The third-order valence-electron chi connectivity index (χ3n) is 4.11. The number of hydrogen-bond donors (Lipinski definition) is 0. The Labute approximate surface area is 122 Å². The molecule has 20 heavy (non-hydrogen) atoms. The van der Waals surface area contributed by atoms with Crippen LogP contribution in [0.2, 0.25) is 0 Å². The fourth-order valence-corrected chi connectivity index (χ4v) is 3.09. The molecule has 0 N–H and O–H groups in total. The molecular weight excluding hydrogens is 279 g/mol. The normalized spacial score (nSPS) is 20.2. The molecule has 0 spiro atoms. The molecule has 0 aliphatic carbocycles. The fraction of sp³-hybridized carbons (Fsp3) is 0.533. The molecule has 1 fully saturated rings. The van der Waals surface area contributed by atoms with Crippen LogP contribution in [-0.4, -0.2) is 22.8 Å². The number of halogens is 2. The van der Waals surface area contributed by atoms with Gasteiger partial charge in [-0.3, -0.25) is 0 Å². The predicted molar refractivity (Wildman–Crippen MR) is 77.7 cm³/mol. The molecule has 2 aromatic rings. The summed E-state index contributed by atoms with van der Waals surface area (Å²) in [5.41, 5.74) is 1.53. The van der Waals surface area contributed by atoms with Crippen molar-refractivity contribution in [3.8, 4) is 0 Å². The Morgan fingerprint density at radius 2 is 2.10 bits per heavy atom. The number of alkyl halides is 1. The molecule has 0 bridgehead atoms. The van der Waals surface area contributed by atoms with Crippen LogP contribution in [-0.2, 0) is 10.3 Å². The standard InChI is InChI=1S/C15H18ClFN2O/c1-10(16)14-18-12-9-11(17)3-4-13(12)19(14)15(2)5-7-20-8-6-15/h3-4,9-10H,5-8H2,1-2H3. The number of imidazole rings is 1. The first-order valence-corrected chi connectivity index (χ1v) is 7.35. The Hall–Kier alpha value is -1.13. The summed E-state index contributed by atoms with van der Waals surface area (Å²) in [6.07, 6.45) is 1.82. The van der Waals surface area contributed by atoms with Crippen LogP contribution in [0.3, 0.4) is 0 Å². The van der Waals surface area contributed by atoms with Crippen LogP contribution in [0.25, 0.3) is 11.0 Å². The lowest BCUT2D eigenvalue weighted by Crippen LogP contribution is -2.37. The fourth-order valence-electron chi connectivity index (χ4n) is 2.94. The van der Waals surface area contributed by atoms with E-state index in [1.54, 1.807) is 6.07 Å². The molecule has 3 nitrogen and oxygen atoms in total. The number of ether oxygens (including phenoxy) is 1. The Morgan fingerprint density at radius 1 is 1.40 bits per heavy atom. The van der Waals surface area contributed by atoms with E-state index in [0.717, 1.165) is 37.4 Å². The topological polar surface area (TPSA) is 27.1 Å². The third-order valence-corrected chi connectivity index (χ3v) is 4.30. The molecule has 5 heteroatoms. The lowest BCUT2D eigenvalue weighted by molar-refractivity contribution is 0.0300. The minimum absolute atomic E-state index is 0.0800. The summed E-state index contributed by atoms with van der Waals surface area (Å²) < 4.78 is 21.1. The number of rotatable bonds is 2. The molecule has 1 saturated heterocycles. The summed E-state index contributed by atoms with van der Waals surface area (Å²) in [5.74, 6) is 0.532. The van der Waals surface area contributed by atoms with Crippen molar-refractivity contribution in [2.24, 2.45) is 0 Å². The zero-order chi connectivity index (χ0) is 14.3. The summed E-state index contributed by atoms with van der Waals surface area (Å²) in [7, 11) is 0. The van der Waals surface area contributed by atoms with Crippen molar-refractivity contribution in [2.45, 2.75) is 37.6 Å². The minimum atomic E-state index is -0.270. The van der Waals surface area contributed by atoms with Crippen molar-refractivity contribution in [1.29, 1.82) is 0 Å². The molecule has 2 heterocycles. The SMILES string of the molecule is CC(Cl)c1nc2cc(F)ccc2n1C1(C)CCOCC1. The second-order valence-corrected chi connectivity index (χ2v) is 6.32. The first kappa shape index (κ1) is 13.8. The Morgan fingerprint density at radius 3 is 2.75 bits per heavy atom. The van der Waals surface area contributed by atoms with E-state index in [1.165, 1.54) is 12.1 Å². The van der Waals surface area contributed by atoms with Gasteiger partial charge in [0, 0.05) is 24.8 Å². The van der Waals surface area contributed by atoms with Crippen molar-refractivity contribution in [3.63, 3.8) is 0 Å². The van der Waals surface area contributed by atoms with E-state index in [1.807, 2.05) is 6.92 Å². The van der Waals surface area contributed by atoms with Gasteiger partial charge in [0.05, 0.1) is 16.4 Å². The van der Waals surface area contributed by atoms with E-state index in [9.17, 15) is 4.39 Å². The highest BCUT2D eigenvalue weighted by Gasteiger charge is 2.33.